The summed E-state index contributed by atoms with van der Waals surface area (Å²) in [7, 11) is 0. The second kappa shape index (κ2) is 5.15. The molecule has 6 nitrogen and oxygen atoms in total. The highest BCUT2D eigenvalue weighted by atomic mass is 19.1. The number of aliphatic carboxylic acids is 1. The second-order valence-electron chi connectivity index (χ2n) is 2.70. The average molecular weight is 206 g/mol. The smallest absolute Gasteiger partial charge is 0.326 e. The Labute approximate surface area is 79.3 Å². The summed E-state index contributed by atoms with van der Waals surface area (Å²) in [5.41, 5.74) is 4.60. The maximum atomic E-state index is 12.7. The zero-order valence-electron chi connectivity index (χ0n) is 7.49. The molecule has 0 bridgehead atoms. The molecule has 0 aliphatic heterocycles. The van der Waals surface area contributed by atoms with E-state index in [1.807, 2.05) is 5.32 Å². The summed E-state index contributed by atoms with van der Waals surface area (Å²) in [6.07, 6.45) is -2.74. The maximum Gasteiger partial charge on any atom is 0.326 e. The van der Waals surface area contributed by atoms with Gasteiger partial charge in [0.15, 0.2) is 6.17 Å². The normalized spacial score (nSPS) is 14.1. The highest BCUT2D eigenvalue weighted by molar-refractivity contribution is 5.84. The second-order valence-corrected chi connectivity index (χ2v) is 2.70. The van der Waals surface area contributed by atoms with Crippen LogP contribution in [0.3, 0.4) is 0 Å². The van der Waals surface area contributed by atoms with Crippen molar-refractivity contribution in [2.24, 2.45) is 5.73 Å². The molecule has 2 amide bonds. The number of halogens is 1. The number of rotatable bonds is 5. The zero-order chi connectivity index (χ0) is 11.3. The van der Waals surface area contributed by atoms with Crippen LogP contribution in [0.5, 0.6) is 0 Å². The van der Waals surface area contributed by atoms with Crippen molar-refractivity contribution in [2.45, 2.75) is 25.6 Å². The first kappa shape index (κ1) is 12.3. The summed E-state index contributed by atoms with van der Waals surface area (Å²) in [4.78, 5) is 31.2. The van der Waals surface area contributed by atoms with Crippen molar-refractivity contribution < 1.29 is 23.9 Å². The van der Waals surface area contributed by atoms with Crippen molar-refractivity contribution in [3.63, 3.8) is 0 Å². The minimum Gasteiger partial charge on any atom is -0.480 e. The molecule has 0 unspecified atom stereocenters. The molecule has 0 aromatic heterocycles. The summed E-state index contributed by atoms with van der Waals surface area (Å²) in [5, 5.41) is 10.5. The number of alkyl halides is 1. The molecule has 14 heavy (non-hydrogen) atoms. The fourth-order valence-electron chi connectivity index (χ4n) is 0.790. The van der Waals surface area contributed by atoms with Gasteiger partial charge < -0.3 is 16.2 Å². The van der Waals surface area contributed by atoms with E-state index < -0.39 is 36.4 Å². The molecule has 2 atom stereocenters. The lowest BCUT2D eigenvalue weighted by molar-refractivity contribution is -0.142. The van der Waals surface area contributed by atoms with Gasteiger partial charge in [-0.1, -0.05) is 0 Å². The number of nitrogens with two attached hydrogens (primary N) is 1. The van der Waals surface area contributed by atoms with Gasteiger partial charge in [0.2, 0.25) is 5.91 Å². The Balaban J connectivity index is 4.30. The van der Waals surface area contributed by atoms with Gasteiger partial charge in [-0.25, -0.2) is 9.18 Å². The summed E-state index contributed by atoms with van der Waals surface area (Å²) in [6, 6.07) is -1.44. The molecule has 0 rings (SSSR count). The molecule has 0 spiro atoms. The number of carboxylic acids is 1. The first-order chi connectivity index (χ1) is 6.34. The van der Waals surface area contributed by atoms with Crippen molar-refractivity contribution in [3.8, 4) is 0 Å². The quantitative estimate of drug-likeness (QED) is 0.524. The number of carbonyl (C=O) groups is 3. The SMILES string of the molecule is CC(=O)N[C@H](C[C@H](F)C(N)=O)C(=O)O. The van der Waals surface area contributed by atoms with E-state index in [1.54, 1.807) is 0 Å². The molecule has 0 heterocycles. The van der Waals surface area contributed by atoms with Crippen LogP contribution in [0.2, 0.25) is 0 Å². The molecule has 0 aliphatic carbocycles. The van der Waals surface area contributed by atoms with Crippen molar-refractivity contribution >= 4 is 17.8 Å². The third-order valence-electron chi connectivity index (χ3n) is 1.43. The predicted molar refractivity (Wildman–Crippen MR) is 43.9 cm³/mol. The molecule has 0 saturated carbocycles. The third-order valence-corrected chi connectivity index (χ3v) is 1.43. The van der Waals surface area contributed by atoms with Crippen molar-refractivity contribution in [3.05, 3.63) is 0 Å². The van der Waals surface area contributed by atoms with E-state index in [0.29, 0.717) is 0 Å². The van der Waals surface area contributed by atoms with E-state index >= 15 is 0 Å². The van der Waals surface area contributed by atoms with Gasteiger partial charge in [0.05, 0.1) is 0 Å². The summed E-state index contributed by atoms with van der Waals surface area (Å²) in [5.74, 6) is -3.28. The minimum absolute atomic E-state index is 0.617. The van der Waals surface area contributed by atoms with Crippen molar-refractivity contribution in [2.75, 3.05) is 0 Å². The van der Waals surface area contributed by atoms with E-state index in [0.717, 1.165) is 6.92 Å². The molecule has 80 valence electrons. The summed E-state index contributed by atoms with van der Waals surface area (Å²) < 4.78 is 12.7. The van der Waals surface area contributed by atoms with Gasteiger partial charge in [0, 0.05) is 13.3 Å². The first-order valence-corrected chi connectivity index (χ1v) is 3.78. The molecule has 0 radical (unpaired) electrons. The molecule has 0 aromatic carbocycles. The molecular weight excluding hydrogens is 195 g/mol. The van der Waals surface area contributed by atoms with Gasteiger partial charge in [-0.2, -0.15) is 0 Å². The maximum absolute atomic E-state index is 12.7. The van der Waals surface area contributed by atoms with E-state index in [9.17, 15) is 18.8 Å². The molecule has 0 aliphatic rings. The topological polar surface area (TPSA) is 109 Å². The van der Waals surface area contributed by atoms with Crippen LogP contribution in [-0.2, 0) is 14.4 Å². The van der Waals surface area contributed by atoms with E-state index in [-0.39, 0.29) is 0 Å². The highest BCUT2D eigenvalue weighted by Gasteiger charge is 2.25. The predicted octanol–water partition coefficient (Wildman–Crippen LogP) is -1.21. The number of hydrogen-bond acceptors (Lipinski definition) is 3. The Hall–Kier alpha value is -1.66. The van der Waals surface area contributed by atoms with E-state index in [2.05, 4.69) is 5.73 Å². The molecule has 0 fully saturated rings. The number of nitrogens with one attached hydrogen (secondary N) is 1. The van der Waals surface area contributed by atoms with Gasteiger partial charge in [0.1, 0.15) is 6.04 Å². The monoisotopic (exact) mass is 206 g/mol. The Morgan fingerprint density at radius 1 is 1.50 bits per heavy atom. The van der Waals surface area contributed by atoms with Gasteiger partial charge in [-0.05, 0) is 0 Å². The molecule has 7 heteroatoms. The highest BCUT2D eigenvalue weighted by Crippen LogP contribution is 2.02. The number of primary amides is 1. The lowest BCUT2D eigenvalue weighted by atomic mass is 10.1. The summed E-state index contributed by atoms with van der Waals surface area (Å²) >= 11 is 0. The van der Waals surface area contributed by atoms with Gasteiger partial charge in [-0.3, -0.25) is 9.59 Å². The lowest BCUT2D eigenvalue weighted by Gasteiger charge is -2.13. The molecule has 0 saturated heterocycles. The van der Waals surface area contributed by atoms with E-state index in [4.69, 9.17) is 5.11 Å². The number of carboxylic acid groups (broad SMARTS) is 1. The number of carbonyl (C=O) groups excluding carboxylic acids is 2. The van der Waals surface area contributed by atoms with Crippen LogP contribution < -0.4 is 11.1 Å². The number of hydrogen-bond donors (Lipinski definition) is 3. The van der Waals surface area contributed by atoms with Crippen LogP contribution in [0.1, 0.15) is 13.3 Å². The van der Waals surface area contributed by atoms with Crippen LogP contribution in [0.15, 0.2) is 0 Å². The molecule has 0 aromatic rings. The van der Waals surface area contributed by atoms with Crippen molar-refractivity contribution in [1.29, 1.82) is 0 Å². The van der Waals surface area contributed by atoms with Crippen LogP contribution in [0.25, 0.3) is 0 Å². The van der Waals surface area contributed by atoms with Gasteiger partial charge in [-0.15, -0.1) is 0 Å². The molecule has 4 N–H and O–H groups in total. The van der Waals surface area contributed by atoms with Crippen LogP contribution >= 0.6 is 0 Å². The Bertz CT molecular complexity index is 256. The van der Waals surface area contributed by atoms with E-state index in [1.165, 1.54) is 0 Å². The zero-order valence-corrected chi connectivity index (χ0v) is 7.49. The molecular formula is C7H11FN2O4. The van der Waals surface area contributed by atoms with Gasteiger partial charge >= 0.3 is 5.97 Å². The van der Waals surface area contributed by atoms with Crippen LogP contribution in [-0.4, -0.2) is 35.1 Å². The first-order valence-electron chi connectivity index (χ1n) is 3.78. The lowest BCUT2D eigenvalue weighted by Crippen LogP contribution is -2.43. The Morgan fingerprint density at radius 2 is 2.00 bits per heavy atom. The van der Waals surface area contributed by atoms with Gasteiger partial charge in [0.25, 0.3) is 5.91 Å². The fraction of sp³-hybridized carbons (Fsp3) is 0.571. The number of amides is 2. The average Bonchev–Trinajstić information content (AvgIpc) is 2.01. The Kier molecular flexibility index (Phi) is 4.54. The summed E-state index contributed by atoms with van der Waals surface area (Å²) in [6.45, 7) is 1.09. The third kappa shape index (κ3) is 4.39. The van der Waals surface area contributed by atoms with Crippen LogP contribution in [0.4, 0.5) is 4.39 Å². The fourth-order valence-corrected chi connectivity index (χ4v) is 0.790. The largest absolute Gasteiger partial charge is 0.480 e. The van der Waals surface area contributed by atoms with Crippen molar-refractivity contribution in [1.82, 2.24) is 5.32 Å². The minimum atomic E-state index is -2.08. The van der Waals surface area contributed by atoms with Crippen LogP contribution in [0, 0.1) is 0 Å². The standard InChI is InChI=1S/C7H11FN2O4/c1-3(11)10-5(7(13)14)2-4(8)6(9)12/h4-5H,2H2,1H3,(H2,9,12)(H,10,11)(H,13,14)/t4-,5+/m0/s1. The Morgan fingerprint density at radius 3 is 2.29 bits per heavy atom.